The first kappa shape index (κ1) is 9.86. The van der Waals surface area contributed by atoms with Gasteiger partial charge in [-0.05, 0) is 12.1 Å². The fourth-order valence-electron chi connectivity index (χ4n) is 1.21. The molecular weight excluding hydrogens is 212 g/mol. The van der Waals surface area contributed by atoms with Crippen LogP contribution in [0.15, 0.2) is 30.9 Å². The van der Waals surface area contributed by atoms with Crippen molar-refractivity contribution >= 4 is 17.4 Å². The maximum Gasteiger partial charge on any atom is 0.125 e. The van der Waals surface area contributed by atoms with Gasteiger partial charge in [0, 0.05) is 25.0 Å². The number of rotatable bonds is 2. The maximum absolute atomic E-state index is 5.96. The maximum atomic E-state index is 5.96. The first-order valence-electron chi connectivity index (χ1n) is 4.41. The molecular formula is C10H9ClN4. The molecule has 0 fully saturated rings. The summed E-state index contributed by atoms with van der Waals surface area (Å²) in [6.45, 7) is 0. The summed E-state index contributed by atoms with van der Waals surface area (Å²) in [6.07, 6.45) is 4.75. The number of hydrogen-bond donors (Lipinski definition) is 1. The highest BCUT2D eigenvalue weighted by atomic mass is 35.5. The van der Waals surface area contributed by atoms with Crippen molar-refractivity contribution in [3.8, 4) is 11.3 Å². The van der Waals surface area contributed by atoms with Crippen LogP contribution in [0.2, 0.25) is 5.02 Å². The SMILES string of the molecule is CNc1ccc(-c2ncncc2Cl)cn1. The molecule has 4 nitrogen and oxygen atoms in total. The van der Waals surface area contributed by atoms with E-state index in [4.69, 9.17) is 11.6 Å². The van der Waals surface area contributed by atoms with E-state index < -0.39 is 0 Å². The monoisotopic (exact) mass is 220 g/mol. The summed E-state index contributed by atoms with van der Waals surface area (Å²) in [4.78, 5) is 12.1. The van der Waals surface area contributed by atoms with Crippen molar-refractivity contribution in [3.63, 3.8) is 0 Å². The topological polar surface area (TPSA) is 50.7 Å². The Morgan fingerprint density at radius 2 is 2.07 bits per heavy atom. The summed E-state index contributed by atoms with van der Waals surface area (Å²) in [5, 5.41) is 3.47. The Bertz CT molecular complexity index is 455. The highest BCUT2D eigenvalue weighted by molar-refractivity contribution is 6.32. The molecule has 0 unspecified atom stereocenters. The molecule has 0 amide bonds. The molecule has 2 aromatic rings. The molecule has 0 aromatic carbocycles. The molecule has 0 radical (unpaired) electrons. The Balaban J connectivity index is 2.42. The second kappa shape index (κ2) is 4.23. The molecule has 0 spiro atoms. The van der Waals surface area contributed by atoms with Crippen LogP contribution in [0.1, 0.15) is 0 Å². The van der Waals surface area contributed by atoms with Gasteiger partial charge in [0.15, 0.2) is 0 Å². The summed E-state index contributed by atoms with van der Waals surface area (Å²) < 4.78 is 0. The van der Waals surface area contributed by atoms with Crippen molar-refractivity contribution in [3.05, 3.63) is 35.9 Å². The number of nitrogens with zero attached hydrogens (tertiary/aromatic N) is 3. The molecule has 15 heavy (non-hydrogen) atoms. The van der Waals surface area contributed by atoms with Crippen LogP contribution in [-0.4, -0.2) is 22.0 Å². The molecule has 0 aliphatic rings. The van der Waals surface area contributed by atoms with Crippen LogP contribution >= 0.6 is 11.6 Å². The number of nitrogens with one attached hydrogen (secondary N) is 1. The van der Waals surface area contributed by atoms with E-state index in [1.807, 2.05) is 19.2 Å². The minimum atomic E-state index is 0.525. The summed E-state index contributed by atoms with van der Waals surface area (Å²) in [6, 6.07) is 3.78. The predicted octanol–water partition coefficient (Wildman–Crippen LogP) is 2.23. The normalized spacial score (nSPS) is 10.0. The van der Waals surface area contributed by atoms with Crippen molar-refractivity contribution < 1.29 is 0 Å². The minimum Gasteiger partial charge on any atom is -0.373 e. The Hall–Kier alpha value is -1.68. The van der Waals surface area contributed by atoms with Gasteiger partial charge in [-0.2, -0.15) is 0 Å². The van der Waals surface area contributed by atoms with Crippen LogP contribution in [0, 0.1) is 0 Å². The third-order valence-corrected chi connectivity index (χ3v) is 2.24. The van der Waals surface area contributed by atoms with E-state index in [9.17, 15) is 0 Å². The highest BCUT2D eigenvalue weighted by Gasteiger charge is 2.04. The summed E-state index contributed by atoms with van der Waals surface area (Å²) in [5.74, 6) is 0.809. The van der Waals surface area contributed by atoms with E-state index in [2.05, 4.69) is 20.3 Å². The van der Waals surface area contributed by atoms with Gasteiger partial charge < -0.3 is 5.32 Å². The van der Waals surface area contributed by atoms with Crippen molar-refractivity contribution in [1.82, 2.24) is 15.0 Å². The zero-order valence-corrected chi connectivity index (χ0v) is 8.86. The largest absolute Gasteiger partial charge is 0.373 e. The smallest absolute Gasteiger partial charge is 0.125 e. The molecule has 5 heteroatoms. The lowest BCUT2D eigenvalue weighted by molar-refractivity contribution is 1.16. The lowest BCUT2D eigenvalue weighted by Crippen LogP contribution is -1.92. The molecule has 0 saturated heterocycles. The third kappa shape index (κ3) is 2.05. The zero-order chi connectivity index (χ0) is 10.7. The van der Waals surface area contributed by atoms with Crippen LogP contribution < -0.4 is 5.32 Å². The molecule has 2 rings (SSSR count). The average molecular weight is 221 g/mol. The van der Waals surface area contributed by atoms with Crippen molar-refractivity contribution in [2.45, 2.75) is 0 Å². The van der Waals surface area contributed by atoms with Crippen molar-refractivity contribution in [2.75, 3.05) is 12.4 Å². The van der Waals surface area contributed by atoms with E-state index >= 15 is 0 Å². The summed E-state index contributed by atoms with van der Waals surface area (Å²) in [5.41, 5.74) is 1.57. The van der Waals surface area contributed by atoms with Crippen LogP contribution in [0.5, 0.6) is 0 Å². The van der Waals surface area contributed by atoms with Crippen LogP contribution in [-0.2, 0) is 0 Å². The van der Waals surface area contributed by atoms with Gasteiger partial charge in [-0.3, -0.25) is 0 Å². The minimum absolute atomic E-state index is 0.525. The second-order valence-electron chi connectivity index (χ2n) is 2.90. The van der Waals surface area contributed by atoms with Crippen molar-refractivity contribution in [2.24, 2.45) is 0 Å². The van der Waals surface area contributed by atoms with E-state index in [-0.39, 0.29) is 0 Å². The first-order chi connectivity index (χ1) is 7.31. The Morgan fingerprint density at radius 1 is 1.20 bits per heavy atom. The standard InChI is InChI=1S/C10H9ClN4/c1-12-9-3-2-7(4-14-9)10-8(11)5-13-6-15-10/h2-6H,1H3,(H,12,14). The van der Waals surface area contributed by atoms with Gasteiger partial charge in [-0.25, -0.2) is 15.0 Å². The van der Waals surface area contributed by atoms with Crippen LogP contribution in [0.3, 0.4) is 0 Å². The molecule has 2 aromatic heterocycles. The van der Waals surface area contributed by atoms with Crippen LogP contribution in [0.4, 0.5) is 5.82 Å². The molecule has 76 valence electrons. The Morgan fingerprint density at radius 3 is 2.67 bits per heavy atom. The van der Waals surface area contributed by atoms with E-state index in [1.165, 1.54) is 6.33 Å². The van der Waals surface area contributed by atoms with Gasteiger partial charge >= 0.3 is 0 Å². The molecule has 0 bridgehead atoms. The third-order valence-electron chi connectivity index (χ3n) is 1.96. The van der Waals surface area contributed by atoms with E-state index in [0.29, 0.717) is 10.7 Å². The van der Waals surface area contributed by atoms with E-state index in [1.54, 1.807) is 12.4 Å². The Labute approximate surface area is 92.4 Å². The molecule has 0 aliphatic carbocycles. The van der Waals surface area contributed by atoms with Gasteiger partial charge in [0.1, 0.15) is 12.1 Å². The number of pyridine rings is 1. The number of hydrogen-bond acceptors (Lipinski definition) is 4. The molecule has 2 heterocycles. The van der Waals surface area contributed by atoms with Gasteiger partial charge in [0.25, 0.3) is 0 Å². The fraction of sp³-hybridized carbons (Fsp3) is 0.100. The lowest BCUT2D eigenvalue weighted by atomic mass is 10.2. The predicted molar refractivity (Wildman–Crippen MR) is 59.8 cm³/mol. The fourth-order valence-corrected chi connectivity index (χ4v) is 1.42. The Kier molecular flexibility index (Phi) is 2.78. The number of anilines is 1. The van der Waals surface area contributed by atoms with Crippen molar-refractivity contribution in [1.29, 1.82) is 0 Å². The molecule has 0 saturated carbocycles. The average Bonchev–Trinajstić information content (AvgIpc) is 2.30. The number of halogens is 1. The molecule has 0 atom stereocenters. The first-order valence-corrected chi connectivity index (χ1v) is 4.78. The number of aromatic nitrogens is 3. The van der Waals surface area contributed by atoms with E-state index in [0.717, 1.165) is 11.4 Å². The summed E-state index contributed by atoms with van der Waals surface area (Å²) in [7, 11) is 1.82. The lowest BCUT2D eigenvalue weighted by Gasteiger charge is -2.03. The highest BCUT2D eigenvalue weighted by Crippen LogP contribution is 2.23. The van der Waals surface area contributed by atoms with Gasteiger partial charge in [0.2, 0.25) is 0 Å². The molecule has 0 aliphatic heterocycles. The molecule has 1 N–H and O–H groups in total. The van der Waals surface area contributed by atoms with Crippen LogP contribution in [0.25, 0.3) is 11.3 Å². The summed E-state index contributed by atoms with van der Waals surface area (Å²) >= 11 is 5.96. The second-order valence-corrected chi connectivity index (χ2v) is 3.31. The van der Waals surface area contributed by atoms with Gasteiger partial charge in [0.05, 0.1) is 10.7 Å². The zero-order valence-electron chi connectivity index (χ0n) is 8.11. The van der Waals surface area contributed by atoms with Gasteiger partial charge in [-0.15, -0.1) is 0 Å². The van der Waals surface area contributed by atoms with Gasteiger partial charge in [-0.1, -0.05) is 11.6 Å². The quantitative estimate of drug-likeness (QED) is 0.843.